The Balaban J connectivity index is 1.56. The van der Waals surface area contributed by atoms with E-state index in [0.29, 0.717) is 44.5 Å². The molecule has 1 aromatic carbocycles. The van der Waals surface area contributed by atoms with Crippen molar-refractivity contribution in [1.82, 2.24) is 15.1 Å². The second-order valence-corrected chi connectivity index (χ2v) is 7.69. The summed E-state index contributed by atoms with van der Waals surface area (Å²) in [7, 11) is 0. The van der Waals surface area contributed by atoms with Crippen molar-refractivity contribution in [2.75, 3.05) is 31.1 Å². The molecule has 7 heteroatoms. The monoisotopic (exact) mass is 388 g/mol. The smallest absolute Gasteiger partial charge is 0.318 e. The van der Waals surface area contributed by atoms with E-state index < -0.39 is 0 Å². The van der Waals surface area contributed by atoms with Gasteiger partial charge in [-0.25, -0.2) is 4.39 Å². The Labute approximate surface area is 165 Å². The number of amides is 1. The second-order valence-electron chi connectivity index (χ2n) is 7.69. The molecule has 0 N–H and O–H groups in total. The molecular formula is C21H29FN4O2. The Morgan fingerprint density at radius 2 is 1.82 bits per heavy atom. The van der Waals surface area contributed by atoms with Crippen LogP contribution in [0.3, 0.4) is 0 Å². The van der Waals surface area contributed by atoms with E-state index in [4.69, 9.17) is 4.42 Å². The zero-order chi connectivity index (χ0) is 20.1. The zero-order valence-corrected chi connectivity index (χ0v) is 16.9. The molecule has 1 fully saturated rings. The maximum absolute atomic E-state index is 13.2. The molecule has 28 heavy (non-hydrogen) atoms. The molecule has 2 heterocycles. The first-order valence-electron chi connectivity index (χ1n) is 10.1. The molecular weight excluding hydrogens is 359 g/mol. The molecule has 1 aliphatic rings. The standard InChI is InChI=1S/C21H29FN4O2/c1-4-5-17(16-6-8-18(22)9-7-16)14-19(27)25-10-12-26(13-11-25)21-24-23-20(28-21)15(2)3/h6-9,15,17H,4-5,10-14H2,1-3H3. The molecule has 0 spiro atoms. The van der Waals surface area contributed by atoms with E-state index in [9.17, 15) is 9.18 Å². The number of hydrogen-bond donors (Lipinski definition) is 0. The van der Waals surface area contributed by atoms with Crippen molar-refractivity contribution >= 4 is 11.9 Å². The molecule has 0 radical (unpaired) electrons. The molecule has 1 aromatic heterocycles. The lowest BCUT2D eigenvalue weighted by Crippen LogP contribution is -2.49. The molecule has 1 saturated heterocycles. The van der Waals surface area contributed by atoms with Gasteiger partial charge >= 0.3 is 6.01 Å². The minimum atomic E-state index is -0.247. The highest BCUT2D eigenvalue weighted by molar-refractivity contribution is 5.77. The van der Waals surface area contributed by atoms with E-state index in [0.717, 1.165) is 18.4 Å². The first-order chi connectivity index (χ1) is 13.5. The number of hydrogen-bond acceptors (Lipinski definition) is 5. The minimum Gasteiger partial charge on any atom is -0.408 e. The van der Waals surface area contributed by atoms with Gasteiger partial charge in [-0.3, -0.25) is 4.79 Å². The molecule has 152 valence electrons. The fraction of sp³-hybridized carbons (Fsp3) is 0.571. The van der Waals surface area contributed by atoms with Crippen molar-refractivity contribution < 1.29 is 13.6 Å². The molecule has 1 aliphatic heterocycles. The van der Waals surface area contributed by atoms with Gasteiger partial charge in [0.1, 0.15) is 5.82 Å². The van der Waals surface area contributed by atoms with Gasteiger partial charge in [0.05, 0.1) is 0 Å². The number of piperazine rings is 1. The number of nitrogens with zero attached hydrogens (tertiary/aromatic N) is 4. The predicted octanol–water partition coefficient (Wildman–Crippen LogP) is 3.95. The fourth-order valence-electron chi connectivity index (χ4n) is 3.54. The largest absolute Gasteiger partial charge is 0.408 e. The van der Waals surface area contributed by atoms with Crippen LogP contribution < -0.4 is 4.90 Å². The van der Waals surface area contributed by atoms with E-state index in [1.165, 1.54) is 12.1 Å². The molecule has 3 rings (SSSR count). The summed E-state index contributed by atoms with van der Waals surface area (Å²) in [5.74, 6) is 0.862. The van der Waals surface area contributed by atoms with Crippen molar-refractivity contribution in [2.24, 2.45) is 0 Å². The fourth-order valence-corrected chi connectivity index (χ4v) is 3.54. The van der Waals surface area contributed by atoms with Gasteiger partial charge in [-0.1, -0.05) is 44.4 Å². The van der Waals surface area contributed by atoms with Gasteiger partial charge in [0.2, 0.25) is 11.8 Å². The van der Waals surface area contributed by atoms with Crippen LogP contribution in [0, 0.1) is 5.82 Å². The molecule has 0 saturated carbocycles. The van der Waals surface area contributed by atoms with Crippen molar-refractivity contribution in [3.05, 3.63) is 41.5 Å². The number of carbonyl (C=O) groups excluding carboxylic acids is 1. The van der Waals surface area contributed by atoms with Crippen LogP contribution in [0.4, 0.5) is 10.4 Å². The number of carbonyl (C=O) groups is 1. The number of aromatic nitrogens is 2. The molecule has 2 aromatic rings. The van der Waals surface area contributed by atoms with Crippen molar-refractivity contribution in [3.63, 3.8) is 0 Å². The van der Waals surface area contributed by atoms with Gasteiger partial charge in [0.15, 0.2) is 0 Å². The molecule has 1 unspecified atom stereocenters. The second kappa shape index (κ2) is 9.17. The maximum atomic E-state index is 13.2. The van der Waals surface area contributed by atoms with E-state index in [-0.39, 0.29) is 23.6 Å². The maximum Gasteiger partial charge on any atom is 0.318 e. The van der Waals surface area contributed by atoms with Gasteiger partial charge in [0, 0.05) is 38.5 Å². The average Bonchev–Trinajstić information content (AvgIpc) is 3.19. The first kappa shape index (κ1) is 20.3. The average molecular weight is 388 g/mol. The van der Waals surface area contributed by atoms with Crippen LogP contribution >= 0.6 is 0 Å². The highest BCUT2D eigenvalue weighted by Gasteiger charge is 2.26. The van der Waals surface area contributed by atoms with Gasteiger partial charge in [-0.15, -0.1) is 5.10 Å². The molecule has 6 nitrogen and oxygen atoms in total. The summed E-state index contributed by atoms with van der Waals surface area (Å²) in [5.41, 5.74) is 1.03. The lowest BCUT2D eigenvalue weighted by Gasteiger charge is -2.34. The number of halogens is 1. The Bertz CT molecular complexity index is 767. The zero-order valence-electron chi connectivity index (χ0n) is 16.9. The van der Waals surface area contributed by atoms with Crippen molar-refractivity contribution in [2.45, 2.75) is 51.9 Å². The van der Waals surface area contributed by atoms with Gasteiger partial charge < -0.3 is 14.2 Å². The van der Waals surface area contributed by atoms with Crippen LogP contribution in [0.2, 0.25) is 0 Å². The summed E-state index contributed by atoms with van der Waals surface area (Å²) in [6, 6.07) is 7.06. The van der Waals surface area contributed by atoms with Gasteiger partial charge in [0.25, 0.3) is 0 Å². The van der Waals surface area contributed by atoms with E-state index >= 15 is 0 Å². The first-order valence-corrected chi connectivity index (χ1v) is 10.1. The third kappa shape index (κ3) is 4.88. The van der Waals surface area contributed by atoms with E-state index in [1.54, 1.807) is 12.1 Å². The molecule has 0 aliphatic carbocycles. The molecule has 1 amide bonds. The van der Waals surface area contributed by atoms with Crippen LogP contribution in [-0.4, -0.2) is 47.2 Å². The number of benzene rings is 1. The highest BCUT2D eigenvalue weighted by atomic mass is 19.1. The lowest BCUT2D eigenvalue weighted by molar-refractivity contribution is -0.132. The highest BCUT2D eigenvalue weighted by Crippen LogP contribution is 2.27. The Morgan fingerprint density at radius 3 is 2.39 bits per heavy atom. The summed E-state index contributed by atoms with van der Waals surface area (Å²) in [5, 5.41) is 8.20. The van der Waals surface area contributed by atoms with Crippen molar-refractivity contribution in [1.29, 1.82) is 0 Å². The molecule has 0 bridgehead atoms. The Kier molecular flexibility index (Phi) is 6.65. The normalized spacial score (nSPS) is 15.9. The number of anilines is 1. The Morgan fingerprint density at radius 1 is 1.14 bits per heavy atom. The third-order valence-corrected chi connectivity index (χ3v) is 5.23. The van der Waals surface area contributed by atoms with Crippen LogP contribution in [0.15, 0.2) is 28.7 Å². The topological polar surface area (TPSA) is 62.5 Å². The minimum absolute atomic E-state index is 0.126. The predicted molar refractivity (Wildman–Crippen MR) is 106 cm³/mol. The SMILES string of the molecule is CCCC(CC(=O)N1CCN(c2nnc(C(C)C)o2)CC1)c1ccc(F)cc1. The van der Waals surface area contributed by atoms with Gasteiger partial charge in [-0.2, -0.15) is 0 Å². The van der Waals surface area contributed by atoms with Crippen LogP contribution in [0.25, 0.3) is 0 Å². The summed E-state index contributed by atoms with van der Waals surface area (Å²) >= 11 is 0. The summed E-state index contributed by atoms with van der Waals surface area (Å²) in [4.78, 5) is 16.8. The van der Waals surface area contributed by atoms with Crippen LogP contribution in [0.1, 0.15) is 63.3 Å². The molecule has 1 atom stereocenters. The third-order valence-electron chi connectivity index (χ3n) is 5.23. The quantitative estimate of drug-likeness (QED) is 0.719. The van der Waals surface area contributed by atoms with E-state index in [2.05, 4.69) is 17.1 Å². The van der Waals surface area contributed by atoms with Crippen molar-refractivity contribution in [3.8, 4) is 0 Å². The number of rotatable bonds is 7. The van der Waals surface area contributed by atoms with Crippen LogP contribution in [-0.2, 0) is 4.79 Å². The van der Waals surface area contributed by atoms with Crippen LogP contribution in [0.5, 0.6) is 0 Å². The summed E-state index contributed by atoms with van der Waals surface area (Å²) in [6.45, 7) is 8.78. The van der Waals surface area contributed by atoms with E-state index in [1.807, 2.05) is 23.6 Å². The summed E-state index contributed by atoms with van der Waals surface area (Å²) < 4.78 is 18.9. The lowest BCUT2D eigenvalue weighted by atomic mass is 9.91. The Hall–Kier alpha value is -2.44. The van der Waals surface area contributed by atoms with Gasteiger partial charge in [-0.05, 0) is 30.0 Å². The summed E-state index contributed by atoms with van der Waals surface area (Å²) in [6.07, 6.45) is 2.35.